The van der Waals surface area contributed by atoms with Gasteiger partial charge in [0, 0.05) is 36.9 Å². The molecule has 1 saturated heterocycles. The number of halogens is 2. The zero-order valence-electron chi connectivity index (χ0n) is 18.3. The summed E-state index contributed by atoms with van der Waals surface area (Å²) in [4.78, 5) is 20.3. The Morgan fingerprint density at radius 3 is 2.58 bits per heavy atom. The highest BCUT2D eigenvalue weighted by atomic mass is 35.5. The van der Waals surface area contributed by atoms with Crippen LogP contribution in [0.4, 0.5) is 21.8 Å². The molecule has 1 aromatic carbocycles. The normalized spacial score (nSPS) is 22.4. The first kappa shape index (κ1) is 22.2. The fourth-order valence-electron chi connectivity index (χ4n) is 4.78. The first-order chi connectivity index (χ1) is 16.0. The number of anilines is 3. The van der Waals surface area contributed by atoms with Crippen LogP contribution >= 0.6 is 11.6 Å². The molecule has 174 valence electrons. The van der Waals surface area contributed by atoms with Crippen molar-refractivity contribution in [3.8, 4) is 0 Å². The van der Waals surface area contributed by atoms with Gasteiger partial charge in [-0.1, -0.05) is 11.6 Å². The van der Waals surface area contributed by atoms with E-state index in [1.165, 1.54) is 31.3 Å². The Morgan fingerprint density at radius 1 is 1.03 bits per heavy atom. The summed E-state index contributed by atoms with van der Waals surface area (Å²) in [5, 5.41) is 6.68. The van der Waals surface area contributed by atoms with Crippen LogP contribution in [-0.2, 0) is 0 Å². The lowest BCUT2D eigenvalue weighted by molar-refractivity contribution is 0.121. The summed E-state index contributed by atoms with van der Waals surface area (Å²) in [5.74, 6) is 0.597. The predicted molar refractivity (Wildman–Crippen MR) is 128 cm³/mol. The maximum absolute atomic E-state index is 13.5. The lowest BCUT2D eigenvalue weighted by atomic mass is 9.89. The predicted octanol–water partition coefficient (Wildman–Crippen LogP) is 4.10. The van der Waals surface area contributed by atoms with Gasteiger partial charge in [0.15, 0.2) is 5.82 Å². The van der Waals surface area contributed by atoms with Crippen LogP contribution in [0.15, 0.2) is 30.7 Å². The second-order valence-electron chi connectivity index (χ2n) is 8.93. The molecule has 0 spiro atoms. The van der Waals surface area contributed by atoms with E-state index in [9.17, 15) is 4.39 Å². The topological polar surface area (TPSA) is 105 Å². The van der Waals surface area contributed by atoms with Crippen LogP contribution in [0, 0.1) is 5.82 Å². The van der Waals surface area contributed by atoms with Gasteiger partial charge < -0.3 is 21.3 Å². The van der Waals surface area contributed by atoms with Gasteiger partial charge in [-0.25, -0.2) is 24.3 Å². The number of rotatable bonds is 5. The lowest BCUT2D eigenvalue weighted by Gasteiger charge is -2.40. The van der Waals surface area contributed by atoms with Crippen molar-refractivity contribution in [1.29, 1.82) is 0 Å². The number of fused-ring (bicyclic) bond motifs is 1. The quantitative estimate of drug-likeness (QED) is 0.511. The molecule has 0 unspecified atom stereocenters. The number of aromatic nitrogens is 4. The molecule has 0 amide bonds. The minimum atomic E-state index is -0.471. The van der Waals surface area contributed by atoms with Crippen molar-refractivity contribution in [3.05, 3.63) is 41.6 Å². The first-order valence-electron chi connectivity index (χ1n) is 11.5. The standard InChI is InChI=1S/C23H28ClFN8/c24-18-11-16(3-6-19(18)25)30-22-21-20(28-13-29-22)12-27-23(32-21)31-15-7-9-33(10-8-15)17-4-1-14(26)2-5-17/h3,6,11-15,17H,1-2,4-5,7-10,26H2,(H,27,31,32)(H,28,29,30). The van der Waals surface area contributed by atoms with Crippen LogP contribution in [0.3, 0.4) is 0 Å². The number of nitrogens with zero attached hydrogens (tertiary/aromatic N) is 5. The van der Waals surface area contributed by atoms with Gasteiger partial charge >= 0.3 is 0 Å². The Morgan fingerprint density at radius 2 is 1.82 bits per heavy atom. The third kappa shape index (κ3) is 5.15. The Bertz CT molecular complexity index is 1110. The van der Waals surface area contributed by atoms with Crippen molar-refractivity contribution >= 4 is 40.1 Å². The van der Waals surface area contributed by atoms with E-state index >= 15 is 0 Å². The number of piperidine rings is 1. The highest BCUT2D eigenvalue weighted by molar-refractivity contribution is 6.31. The van der Waals surface area contributed by atoms with Crippen molar-refractivity contribution < 1.29 is 4.39 Å². The SMILES string of the molecule is NC1CCC(N2CCC(Nc3ncc4ncnc(Nc5ccc(F)c(Cl)c5)c4n3)CC2)CC1. The molecule has 33 heavy (non-hydrogen) atoms. The van der Waals surface area contributed by atoms with Gasteiger partial charge in [-0.3, -0.25) is 0 Å². The average Bonchev–Trinajstić information content (AvgIpc) is 2.83. The van der Waals surface area contributed by atoms with E-state index < -0.39 is 5.82 Å². The van der Waals surface area contributed by atoms with Gasteiger partial charge in [0.25, 0.3) is 0 Å². The van der Waals surface area contributed by atoms with E-state index in [1.54, 1.807) is 12.3 Å². The molecule has 2 fully saturated rings. The maximum Gasteiger partial charge on any atom is 0.223 e. The van der Waals surface area contributed by atoms with Crippen LogP contribution in [0.2, 0.25) is 5.02 Å². The second-order valence-corrected chi connectivity index (χ2v) is 9.33. The summed E-state index contributed by atoms with van der Waals surface area (Å²) >= 11 is 5.91. The van der Waals surface area contributed by atoms with Gasteiger partial charge in [-0.15, -0.1) is 0 Å². The molecule has 3 heterocycles. The summed E-state index contributed by atoms with van der Waals surface area (Å²) in [7, 11) is 0. The van der Waals surface area contributed by atoms with Gasteiger partial charge in [0.05, 0.1) is 11.2 Å². The fraction of sp³-hybridized carbons (Fsp3) is 0.478. The lowest BCUT2D eigenvalue weighted by Crippen LogP contribution is -2.47. The van der Waals surface area contributed by atoms with Crippen molar-refractivity contribution in [2.24, 2.45) is 5.73 Å². The van der Waals surface area contributed by atoms with Crippen LogP contribution in [0.1, 0.15) is 38.5 Å². The number of hydrogen-bond donors (Lipinski definition) is 3. The molecule has 1 aliphatic heterocycles. The monoisotopic (exact) mass is 470 g/mol. The number of nitrogens with one attached hydrogen (secondary N) is 2. The number of nitrogens with two attached hydrogens (primary N) is 1. The molecule has 1 saturated carbocycles. The zero-order valence-corrected chi connectivity index (χ0v) is 19.1. The Labute approximate surface area is 197 Å². The van der Waals surface area contributed by atoms with Crippen LogP contribution in [0.25, 0.3) is 11.0 Å². The van der Waals surface area contributed by atoms with Gasteiger partial charge in [0.1, 0.15) is 23.2 Å². The van der Waals surface area contributed by atoms with Crippen LogP contribution < -0.4 is 16.4 Å². The first-order valence-corrected chi connectivity index (χ1v) is 11.9. The number of hydrogen-bond acceptors (Lipinski definition) is 8. The minimum Gasteiger partial charge on any atom is -0.351 e. The van der Waals surface area contributed by atoms with Crippen molar-refractivity contribution in [3.63, 3.8) is 0 Å². The summed E-state index contributed by atoms with van der Waals surface area (Å²) in [6, 6.07) is 5.80. The van der Waals surface area contributed by atoms with Gasteiger partial charge in [0.2, 0.25) is 5.95 Å². The molecule has 0 atom stereocenters. The van der Waals surface area contributed by atoms with E-state index in [-0.39, 0.29) is 5.02 Å². The molecule has 2 aromatic heterocycles. The summed E-state index contributed by atoms with van der Waals surface area (Å²) in [6.45, 7) is 2.15. The van der Waals surface area contributed by atoms with E-state index in [2.05, 4.69) is 35.5 Å². The summed E-state index contributed by atoms with van der Waals surface area (Å²) in [6.07, 6.45) is 9.93. The van der Waals surface area contributed by atoms with Crippen molar-refractivity contribution in [2.75, 3.05) is 23.7 Å². The minimum absolute atomic E-state index is 0.0396. The zero-order chi connectivity index (χ0) is 22.8. The molecule has 1 aliphatic carbocycles. The molecule has 8 nitrogen and oxygen atoms in total. The fourth-order valence-corrected chi connectivity index (χ4v) is 4.96. The molecule has 5 rings (SSSR count). The molecule has 3 aromatic rings. The summed E-state index contributed by atoms with van der Waals surface area (Å²) in [5.41, 5.74) is 7.89. The second kappa shape index (κ2) is 9.70. The molecule has 0 bridgehead atoms. The third-order valence-corrected chi connectivity index (χ3v) is 6.97. The average molecular weight is 471 g/mol. The highest BCUT2D eigenvalue weighted by Gasteiger charge is 2.28. The van der Waals surface area contributed by atoms with Gasteiger partial charge in [-0.2, -0.15) is 0 Å². The Kier molecular flexibility index (Phi) is 6.52. The smallest absolute Gasteiger partial charge is 0.223 e. The van der Waals surface area contributed by atoms with Crippen molar-refractivity contribution in [1.82, 2.24) is 24.8 Å². The molecule has 4 N–H and O–H groups in total. The van der Waals surface area contributed by atoms with E-state index in [4.69, 9.17) is 17.3 Å². The molecule has 10 heteroatoms. The third-order valence-electron chi connectivity index (χ3n) is 6.68. The molecule has 0 radical (unpaired) electrons. The van der Waals surface area contributed by atoms with Crippen LogP contribution in [0.5, 0.6) is 0 Å². The molecule has 2 aliphatic rings. The summed E-state index contributed by atoms with van der Waals surface area (Å²) < 4.78 is 13.5. The number of likely N-dealkylation sites (tertiary alicyclic amines) is 1. The molecular formula is C23H28ClFN8. The van der Waals surface area contributed by atoms with Crippen molar-refractivity contribution in [2.45, 2.75) is 56.7 Å². The highest BCUT2D eigenvalue weighted by Crippen LogP contribution is 2.27. The largest absolute Gasteiger partial charge is 0.351 e. The Balaban J connectivity index is 1.26. The van der Waals surface area contributed by atoms with Crippen LogP contribution in [-0.4, -0.2) is 56.1 Å². The van der Waals surface area contributed by atoms with Gasteiger partial charge in [-0.05, 0) is 56.7 Å². The van der Waals surface area contributed by atoms with E-state index in [0.29, 0.717) is 46.6 Å². The maximum atomic E-state index is 13.5. The number of benzene rings is 1. The van der Waals surface area contributed by atoms with E-state index in [0.717, 1.165) is 38.8 Å². The molecular weight excluding hydrogens is 443 g/mol. The Hall–Kier alpha value is -2.62. The van der Waals surface area contributed by atoms with E-state index in [1.807, 2.05) is 0 Å².